The number of ether oxygens (including phenoxy) is 1. The summed E-state index contributed by atoms with van der Waals surface area (Å²) in [4.78, 5) is 26.1. The van der Waals surface area contributed by atoms with E-state index in [1.165, 1.54) is 6.42 Å². The number of carbonyl (C=O) groups excluding carboxylic acids is 2. The fourth-order valence-corrected chi connectivity index (χ4v) is 3.21. The number of piperidine rings is 1. The van der Waals surface area contributed by atoms with Gasteiger partial charge in [0.05, 0.1) is 0 Å². The lowest BCUT2D eigenvalue weighted by molar-refractivity contribution is -0.134. The molecule has 1 heterocycles. The number of likely N-dealkylation sites (tertiary alicyclic amines) is 1. The van der Waals surface area contributed by atoms with Crippen LogP contribution in [-0.4, -0.2) is 42.5 Å². The summed E-state index contributed by atoms with van der Waals surface area (Å²) in [6.07, 6.45) is 4.88. The van der Waals surface area contributed by atoms with E-state index in [0.29, 0.717) is 13.1 Å². The lowest BCUT2D eigenvalue weighted by Crippen LogP contribution is -2.49. The summed E-state index contributed by atoms with van der Waals surface area (Å²) in [7, 11) is 0. The summed E-state index contributed by atoms with van der Waals surface area (Å²) < 4.78 is 5.64. The van der Waals surface area contributed by atoms with Gasteiger partial charge in [0.1, 0.15) is 5.75 Å². The first kappa shape index (κ1) is 16.8. The van der Waals surface area contributed by atoms with Crippen LogP contribution >= 0.6 is 0 Å². The van der Waals surface area contributed by atoms with Crippen molar-refractivity contribution >= 4 is 11.8 Å². The Bertz CT molecular complexity index is 590. The maximum absolute atomic E-state index is 12.3. The van der Waals surface area contributed by atoms with Crippen LogP contribution in [0.1, 0.15) is 37.7 Å². The maximum Gasteiger partial charge on any atom is 0.260 e. The van der Waals surface area contributed by atoms with Gasteiger partial charge in [-0.2, -0.15) is 0 Å². The molecule has 1 aromatic carbocycles. The predicted molar refractivity (Wildman–Crippen MR) is 91.8 cm³/mol. The van der Waals surface area contributed by atoms with E-state index in [1.54, 1.807) is 0 Å². The minimum Gasteiger partial charge on any atom is -0.484 e. The van der Waals surface area contributed by atoms with E-state index in [1.807, 2.05) is 36.1 Å². The number of hydrogen-bond acceptors (Lipinski definition) is 3. The quantitative estimate of drug-likeness (QED) is 0.901. The average molecular weight is 330 g/mol. The first-order valence-electron chi connectivity index (χ1n) is 8.90. The molecule has 1 aliphatic carbocycles. The number of benzene rings is 1. The van der Waals surface area contributed by atoms with Gasteiger partial charge < -0.3 is 15.0 Å². The molecule has 0 bridgehead atoms. The molecule has 130 valence electrons. The molecule has 0 spiro atoms. The van der Waals surface area contributed by atoms with E-state index in [4.69, 9.17) is 4.74 Å². The molecule has 1 N–H and O–H groups in total. The first-order chi connectivity index (χ1) is 11.6. The highest BCUT2D eigenvalue weighted by Gasteiger charge is 2.29. The van der Waals surface area contributed by atoms with Crippen molar-refractivity contribution in [2.45, 2.75) is 45.1 Å². The second-order valence-corrected chi connectivity index (χ2v) is 6.85. The number of hydrogen-bond donors (Lipinski definition) is 1. The minimum absolute atomic E-state index is 0.0158. The fourth-order valence-electron chi connectivity index (χ4n) is 3.21. The van der Waals surface area contributed by atoms with Crippen molar-refractivity contribution in [3.8, 4) is 5.75 Å². The van der Waals surface area contributed by atoms with Gasteiger partial charge >= 0.3 is 0 Å². The zero-order valence-corrected chi connectivity index (χ0v) is 14.3. The highest BCUT2D eigenvalue weighted by atomic mass is 16.5. The van der Waals surface area contributed by atoms with Crippen molar-refractivity contribution in [3.63, 3.8) is 0 Å². The lowest BCUT2D eigenvalue weighted by Gasteiger charge is -2.34. The molecular weight excluding hydrogens is 304 g/mol. The van der Waals surface area contributed by atoms with E-state index >= 15 is 0 Å². The minimum atomic E-state index is 0.0158. The van der Waals surface area contributed by atoms with Crippen molar-refractivity contribution in [3.05, 3.63) is 29.8 Å². The largest absolute Gasteiger partial charge is 0.484 e. The molecule has 2 amide bonds. The van der Waals surface area contributed by atoms with Gasteiger partial charge in [-0.05, 0) is 44.2 Å². The Hall–Kier alpha value is -2.04. The first-order valence-corrected chi connectivity index (χ1v) is 8.90. The van der Waals surface area contributed by atoms with Crippen LogP contribution < -0.4 is 10.1 Å². The number of rotatable bonds is 5. The van der Waals surface area contributed by atoms with Gasteiger partial charge in [-0.3, -0.25) is 9.59 Å². The maximum atomic E-state index is 12.3. The molecule has 2 aliphatic rings. The number of nitrogens with one attached hydrogen (secondary N) is 1. The number of para-hydroxylation sites is 1. The van der Waals surface area contributed by atoms with E-state index in [-0.39, 0.29) is 30.4 Å². The van der Waals surface area contributed by atoms with Crippen LogP contribution in [0.3, 0.4) is 0 Å². The number of aryl methyl sites for hydroxylation is 1. The molecule has 24 heavy (non-hydrogen) atoms. The topological polar surface area (TPSA) is 58.6 Å². The molecule has 0 atom stereocenters. The van der Waals surface area contributed by atoms with E-state index < -0.39 is 0 Å². The van der Waals surface area contributed by atoms with Crippen LogP contribution in [0.4, 0.5) is 0 Å². The fraction of sp³-hybridized carbons (Fsp3) is 0.579. The van der Waals surface area contributed by atoms with Crippen molar-refractivity contribution in [1.82, 2.24) is 10.2 Å². The molecule has 3 rings (SSSR count). The summed E-state index contributed by atoms with van der Waals surface area (Å²) in [5, 5.41) is 3.14. The summed E-state index contributed by atoms with van der Waals surface area (Å²) >= 11 is 0. The van der Waals surface area contributed by atoms with Crippen LogP contribution in [-0.2, 0) is 9.59 Å². The second kappa shape index (κ2) is 7.69. The summed E-state index contributed by atoms with van der Waals surface area (Å²) in [6, 6.07) is 7.91. The Morgan fingerprint density at radius 2 is 1.88 bits per heavy atom. The molecule has 1 saturated carbocycles. The molecule has 1 saturated heterocycles. The Morgan fingerprint density at radius 3 is 2.50 bits per heavy atom. The van der Waals surface area contributed by atoms with E-state index in [0.717, 1.165) is 37.0 Å². The third kappa shape index (κ3) is 4.08. The highest BCUT2D eigenvalue weighted by Crippen LogP contribution is 2.26. The molecule has 5 nitrogen and oxygen atoms in total. The average Bonchev–Trinajstić information content (AvgIpc) is 2.53. The molecule has 1 aliphatic heterocycles. The number of carbonyl (C=O) groups is 2. The van der Waals surface area contributed by atoms with Gasteiger partial charge in [0.15, 0.2) is 6.61 Å². The highest BCUT2D eigenvalue weighted by molar-refractivity contribution is 5.80. The van der Waals surface area contributed by atoms with Crippen molar-refractivity contribution < 1.29 is 14.3 Å². The van der Waals surface area contributed by atoms with Crippen LogP contribution in [0.2, 0.25) is 0 Å². The van der Waals surface area contributed by atoms with Crippen LogP contribution in [0, 0.1) is 12.8 Å². The normalized spacial score (nSPS) is 18.8. The Kier molecular flexibility index (Phi) is 5.38. The van der Waals surface area contributed by atoms with Gasteiger partial charge in [-0.1, -0.05) is 24.6 Å². The SMILES string of the molecule is Cc1ccccc1OCC(=O)N1CCC(NC(=O)C2CCC2)CC1. The summed E-state index contributed by atoms with van der Waals surface area (Å²) in [5.41, 5.74) is 1.03. The third-order valence-corrected chi connectivity index (χ3v) is 5.11. The second-order valence-electron chi connectivity index (χ2n) is 6.85. The Morgan fingerprint density at radius 1 is 1.17 bits per heavy atom. The van der Waals surface area contributed by atoms with Gasteiger partial charge in [0.25, 0.3) is 5.91 Å². The molecule has 0 radical (unpaired) electrons. The van der Waals surface area contributed by atoms with Gasteiger partial charge in [0.2, 0.25) is 5.91 Å². The molecule has 2 fully saturated rings. The third-order valence-electron chi connectivity index (χ3n) is 5.11. The zero-order valence-electron chi connectivity index (χ0n) is 14.3. The molecule has 0 aromatic heterocycles. The molecular formula is C19H26N2O3. The van der Waals surface area contributed by atoms with Gasteiger partial charge in [0, 0.05) is 25.0 Å². The Labute approximate surface area is 143 Å². The number of nitrogens with zero attached hydrogens (tertiary/aromatic N) is 1. The van der Waals surface area contributed by atoms with Crippen molar-refractivity contribution in [1.29, 1.82) is 0 Å². The number of amides is 2. The molecule has 5 heteroatoms. The zero-order chi connectivity index (χ0) is 16.9. The predicted octanol–water partition coefficient (Wildman–Crippen LogP) is 2.28. The standard InChI is InChI=1S/C19H26N2O3/c1-14-5-2-3-8-17(14)24-13-18(22)21-11-9-16(10-12-21)20-19(23)15-6-4-7-15/h2-3,5,8,15-16H,4,6-7,9-13H2,1H3,(H,20,23). The lowest BCUT2D eigenvalue weighted by atomic mass is 9.84. The van der Waals surface area contributed by atoms with Gasteiger partial charge in [-0.15, -0.1) is 0 Å². The summed E-state index contributed by atoms with van der Waals surface area (Å²) in [6.45, 7) is 3.41. The van der Waals surface area contributed by atoms with Crippen molar-refractivity contribution in [2.75, 3.05) is 19.7 Å². The Balaban J connectivity index is 1.40. The molecule has 0 unspecified atom stereocenters. The smallest absolute Gasteiger partial charge is 0.260 e. The van der Waals surface area contributed by atoms with E-state index in [2.05, 4.69) is 5.32 Å². The van der Waals surface area contributed by atoms with E-state index in [9.17, 15) is 9.59 Å². The molecule has 1 aromatic rings. The summed E-state index contributed by atoms with van der Waals surface area (Å²) in [5.74, 6) is 1.21. The van der Waals surface area contributed by atoms with Crippen LogP contribution in [0.5, 0.6) is 5.75 Å². The van der Waals surface area contributed by atoms with Crippen LogP contribution in [0.15, 0.2) is 24.3 Å². The monoisotopic (exact) mass is 330 g/mol. The van der Waals surface area contributed by atoms with Gasteiger partial charge in [-0.25, -0.2) is 0 Å². The van der Waals surface area contributed by atoms with Crippen LogP contribution in [0.25, 0.3) is 0 Å². The van der Waals surface area contributed by atoms with Crippen molar-refractivity contribution in [2.24, 2.45) is 5.92 Å².